The highest BCUT2D eigenvalue weighted by Gasteiger charge is 2.35. The van der Waals surface area contributed by atoms with E-state index in [0.29, 0.717) is 16.7 Å². The number of furan rings is 1. The fourth-order valence-electron chi connectivity index (χ4n) is 4.83. The Balaban J connectivity index is 1.56. The molecule has 0 amide bonds. The van der Waals surface area contributed by atoms with Gasteiger partial charge in [0.2, 0.25) is 5.82 Å². The second-order valence-corrected chi connectivity index (χ2v) is 8.54. The van der Waals surface area contributed by atoms with Gasteiger partial charge in [0, 0.05) is 10.8 Å². The van der Waals surface area contributed by atoms with Crippen molar-refractivity contribution >= 4 is 22.1 Å². The molecule has 0 radical (unpaired) electrons. The summed E-state index contributed by atoms with van der Waals surface area (Å²) in [6.07, 6.45) is 0. The highest BCUT2D eigenvalue weighted by atomic mass is 16.3. The summed E-state index contributed by atoms with van der Waals surface area (Å²) in [6, 6.07) is 25.0. The summed E-state index contributed by atoms with van der Waals surface area (Å²) >= 11 is 0. The lowest BCUT2D eigenvalue weighted by molar-refractivity contribution is 0.660. The topological polar surface area (TPSA) is 86.5 Å². The number of benzene rings is 3. The van der Waals surface area contributed by atoms with Gasteiger partial charge in [0.15, 0.2) is 11.3 Å². The maximum atomic E-state index is 9.42. The lowest BCUT2D eigenvalue weighted by Crippen LogP contribution is -2.14. The molecule has 0 N–H and O–H groups in total. The Kier molecular flexibility index (Phi) is 3.58. The van der Waals surface area contributed by atoms with E-state index >= 15 is 0 Å². The van der Waals surface area contributed by atoms with Crippen LogP contribution in [0, 0.1) is 22.7 Å². The van der Waals surface area contributed by atoms with Gasteiger partial charge in [-0.15, -0.1) is 0 Å². The minimum atomic E-state index is -0.0784. The molecular formula is C27H16N4O. The SMILES string of the molecule is CC1(C)c2ccccc2-c2ccc(-c3ccc4oc5c(C#N)nc(C#N)nc5c4c3)cc21. The molecule has 0 saturated carbocycles. The van der Waals surface area contributed by atoms with Crippen LogP contribution in [-0.4, -0.2) is 9.97 Å². The first-order valence-corrected chi connectivity index (χ1v) is 10.3. The van der Waals surface area contributed by atoms with Crippen molar-refractivity contribution in [3.8, 4) is 34.4 Å². The van der Waals surface area contributed by atoms with Gasteiger partial charge in [-0.3, -0.25) is 0 Å². The molecule has 0 unspecified atom stereocenters. The summed E-state index contributed by atoms with van der Waals surface area (Å²) in [4.78, 5) is 8.28. The Hall–Kier alpha value is -4.48. The number of rotatable bonds is 1. The van der Waals surface area contributed by atoms with E-state index < -0.39 is 0 Å². The first kappa shape index (κ1) is 18.3. The van der Waals surface area contributed by atoms with E-state index in [0.717, 1.165) is 16.5 Å². The lowest BCUT2D eigenvalue weighted by Gasteiger charge is -2.22. The molecular weight excluding hydrogens is 396 g/mol. The predicted molar refractivity (Wildman–Crippen MR) is 122 cm³/mol. The standard InChI is InChI=1S/C27H16N4O/c1-27(2)20-6-4-3-5-17(20)18-9-7-16(12-21(18)27)15-8-10-23-19(11-15)25-26(32-23)22(13-28)30-24(14-29)31-25/h3-12H,1-2H3. The van der Waals surface area contributed by atoms with Crippen LogP contribution in [0.2, 0.25) is 0 Å². The van der Waals surface area contributed by atoms with E-state index in [1.165, 1.54) is 22.3 Å². The van der Waals surface area contributed by atoms with Gasteiger partial charge >= 0.3 is 0 Å². The summed E-state index contributed by atoms with van der Waals surface area (Å²) in [6.45, 7) is 4.52. The van der Waals surface area contributed by atoms with Crippen LogP contribution in [-0.2, 0) is 5.41 Å². The molecule has 5 nitrogen and oxygen atoms in total. The van der Waals surface area contributed by atoms with Crippen LogP contribution in [0.4, 0.5) is 0 Å². The Morgan fingerprint density at radius 1 is 0.812 bits per heavy atom. The third-order valence-corrected chi connectivity index (χ3v) is 6.43. The highest BCUT2D eigenvalue weighted by Crippen LogP contribution is 2.49. The van der Waals surface area contributed by atoms with Crippen molar-refractivity contribution in [2.45, 2.75) is 19.3 Å². The Morgan fingerprint density at radius 2 is 1.56 bits per heavy atom. The van der Waals surface area contributed by atoms with Gasteiger partial charge < -0.3 is 4.42 Å². The summed E-state index contributed by atoms with van der Waals surface area (Å²) in [7, 11) is 0. The van der Waals surface area contributed by atoms with Gasteiger partial charge in [0.1, 0.15) is 23.2 Å². The van der Waals surface area contributed by atoms with Gasteiger partial charge in [0.25, 0.3) is 0 Å². The molecule has 5 aromatic rings. The molecule has 32 heavy (non-hydrogen) atoms. The first-order valence-electron chi connectivity index (χ1n) is 10.3. The van der Waals surface area contributed by atoms with Crippen LogP contribution in [0.1, 0.15) is 36.5 Å². The molecule has 5 heteroatoms. The van der Waals surface area contributed by atoms with Gasteiger partial charge in [-0.2, -0.15) is 10.5 Å². The van der Waals surface area contributed by atoms with Gasteiger partial charge in [0.05, 0.1) is 0 Å². The van der Waals surface area contributed by atoms with Crippen LogP contribution in [0.15, 0.2) is 65.1 Å². The van der Waals surface area contributed by atoms with E-state index in [1.807, 2.05) is 30.3 Å². The first-order chi connectivity index (χ1) is 15.5. The smallest absolute Gasteiger partial charge is 0.234 e. The minimum absolute atomic E-state index is 0.0424. The largest absolute Gasteiger partial charge is 0.451 e. The van der Waals surface area contributed by atoms with Crippen molar-refractivity contribution in [3.05, 3.63) is 83.3 Å². The second kappa shape index (κ2) is 6.26. The van der Waals surface area contributed by atoms with Crippen LogP contribution >= 0.6 is 0 Å². The zero-order valence-corrected chi connectivity index (χ0v) is 17.5. The normalized spacial score (nSPS) is 13.5. The summed E-state index contributed by atoms with van der Waals surface area (Å²) in [5.41, 5.74) is 8.71. The van der Waals surface area contributed by atoms with Crippen LogP contribution < -0.4 is 0 Å². The van der Waals surface area contributed by atoms with Crippen LogP contribution in [0.3, 0.4) is 0 Å². The Labute approximate surface area is 184 Å². The van der Waals surface area contributed by atoms with Gasteiger partial charge in [-0.1, -0.05) is 56.3 Å². The van der Waals surface area contributed by atoms with Crippen molar-refractivity contribution in [1.29, 1.82) is 10.5 Å². The monoisotopic (exact) mass is 412 g/mol. The third-order valence-electron chi connectivity index (χ3n) is 6.43. The van der Waals surface area contributed by atoms with Gasteiger partial charge in [-0.05, 0) is 51.6 Å². The van der Waals surface area contributed by atoms with E-state index in [-0.39, 0.29) is 16.9 Å². The summed E-state index contributed by atoms with van der Waals surface area (Å²) < 4.78 is 5.86. The van der Waals surface area contributed by atoms with E-state index in [4.69, 9.17) is 4.42 Å². The van der Waals surface area contributed by atoms with Crippen molar-refractivity contribution in [3.63, 3.8) is 0 Å². The average Bonchev–Trinajstić information content (AvgIpc) is 3.30. The predicted octanol–water partition coefficient (Wildman–Crippen LogP) is 6.09. The molecule has 0 spiro atoms. The highest BCUT2D eigenvalue weighted by molar-refractivity contribution is 6.05. The molecule has 1 aliphatic rings. The molecule has 150 valence electrons. The summed E-state index contributed by atoms with van der Waals surface area (Å²) in [5, 5.41) is 19.4. The molecule has 2 aromatic heterocycles. The zero-order chi connectivity index (χ0) is 22.0. The number of fused-ring (bicyclic) bond motifs is 6. The molecule has 2 heterocycles. The van der Waals surface area contributed by atoms with Gasteiger partial charge in [-0.25, -0.2) is 9.97 Å². The lowest BCUT2D eigenvalue weighted by atomic mass is 9.81. The maximum Gasteiger partial charge on any atom is 0.234 e. The van der Waals surface area contributed by atoms with Crippen LogP contribution in [0.25, 0.3) is 44.3 Å². The molecule has 0 saturated heterocycles. The van der Waals surface area contributed by atoms with Crippen molar-refractivity contribution in [1.82, 2.24) is 9.97 Å². The Bertz CT molecular complexity index is 1680. The fraction of sp³-hybridized carbons (Fsp3) is 0.111. The van der Waals surface area contributed by atoms with E-state index in [1.54, 1.807) is 0 Å². The number of hydrogen-bond donors (Lipinski definition) is 0. The number of nitriles is 2. The van der Waals surface area contributed by atoms with Crippen LogP contribution in [0.5, 0.6) is 0 Å². The molecule has 1 aliphatic carbocycles. The van der Waals surface area contributed by atoms with Crippen molar-refractivity contribution < 1.29 is 4.42 Å². The molecule has 0 aliphatic heterocycles. The van der Waals surface area contributed by atoms with Crippen molar-refractivity contribution in [2.75, 3.05) is 0 Å². The zero-order valence-electron chi connectivity index (χ0n) is 17.5. The third kappa shape index (κ3) is 2.37. The average molecular weight is 412 g/mol. The quantitative estimate of drug-likeness (QED) is 0.332. The van der Waals surface area contributed by atoms with E-state index in [2.05, 4.69) is 66.3 Å². The Morgan fingerprint density at radius 3 is 2.38 bits per heavy atom. The number of hydrogen-bond acceptors (Lipinski definition) is 5. The van der Waals surface area contributed by atoms with E-state index in [9.17, 15) is 10.5 Å². The molecule has 3 aromatic carbocycles. The molecule has 0 fully saturated rings. The molecule has 6 rings (SSSR count). The summed E-state index contributed by atoms with van der Waals surface area (Å²) in [5.74, 6) is -0.0424. The number of nitrogens with zero attached hydrogens (tertiary/aromatic N) is 4. The maximum absolute atomic E-state index is 9.42. The molecule has 0 atom stereocenters. The number of aromatic nitrogens is 2. The molecule has 0 bridgehead atoms. The van der Waals surface area contributed by atoms with Crippen molar-refractivity contribution in [2.24, 2.45) is 0 Å². The minimum Gasteiger partial charge on any atom is -0.451 e. The fourth-order valence-corrected chi connectivity index (χ4v) is 4.83. The second-order valence-electron chi connectivity index (χ2n) is 8.54.